The van der Waals surface area contributed by atoms with Gasteiger partial charge in [0.2, 0.25) is 0 Å². The van der Waals surface area contributed by atoms with Crippen molar-refractivity contribution in [2.24, 2.45) is 0 Å². The van der Waals surface area contributed by atoms with E-state index in [0.29, 0.717) is 5.76 Å². The van der Waals surface area contributed by atoms with Crippen LogP contribution in [0.3, 0.4) is 0 Å². The molecule has 0 fully saturated rings. The summed E-state index contributed by atoms with van der Waals surface area (Å²) in [4.78, 5) is 12.4. The second kappa shape index (κ2) is 7.57. The van der Waals surface area contributed by atoms with Gasteiger partial charge in [0, 0.05) is 23.1 Å². The van der Waals surface area contributed by atoms with Gasteiger partial charge in [0.15, 0.2) is 5.82 Å². The maximum atomic E-state index is 12.4. The Balaban J connectivity index is 1.98. The van der Waals surface area contributed by atoms with Gasteiger partial charge in [-0.15, -0.1) is 0 Å². The van der Waals surface area contributed by atoms with Gasteiger partial charge < -0.3 is 14.4 Å². The average Bonchev–Trinajstić information content (AvgIpc) is 3.17. The summed E-state index contributed by atoms with van der Waals surface area (Å²) in [5.74, 6) is 0.340. The first-order valence-corrected chi connectivity index (χ1v) is 8.93. The number of nitrogens with one attached hydrogen (secondary N) is 1. The number of rotatable bonds is 4. The summed E-state index contributed by atoms with van der Waals surface area (Å²) >= 11 is 0. The summed E-state index contributed by atoms with van der Waals surface area (Å²) in [7, 11) is 0. The minimum atomic E-state index is -0.521. The number of aromatic nitrogens is 2. The standard InChI is InChI=1S/C22H22N4O2/c1-13-6-7-14(2)20(8-13)26-15(3)9-18(17(26)5)11-19(12-23)22(27)24-21-10-16(4)28-25-21/h6-11H,1-5H3,(H,24,25,27)/b19-11-. The Labute approximate surface area is 164 Å². The second-order valence-electron chi connectivity index (χ2n) is 6.90. The molecule has 6 heteroatoms. The summed E-state index contributed by atoms with van der Waals surface area (Å²) in [5, 5.41) is 15.8. The number of anilines is 1. The number of benzene rings is 1. The molecule has 0 bridgehead atoms. The second-order valence-corrected chi connectivity index (χ2v) is 6.90. The van der Waals surface area contributed by atoms with Crippen LogP contribution in [-0.2, 0) is 4.79 Å². The van der Waals surface area contributed by atoms with Gasteiger partial charge in [0.05, 0.1) is 0 Å². The molecule has 0 saturated carbocycles. The molecule has 0 spiro atoms. The van der Waals surface area contributed by atoms with Gasteiger partial charge in [-0.2, -0.15) is 5.26 Å². The number of nitrogens with zero attached hydrogens (tertiary/aromatic N) is 3. The Morgan fingerprint density at radius 3 is 2.57 bits per heavy atom. The van der Waals surface area contributed by atoms with Crippen LogP contribution in [-0.4, -0.2) is 15.6 Å². The van der Waals surface area contributed by atoms with Gasteiger partial charge in [0.1, 0.15) is 17.4 Å². The molecule has 142 valence electrons. The van der Waals surface area contributed by atoms with E-state index in [2.05, 4.69) is 47.1 Å². The van der Waals surface area contributed by atoms with E-state index in [9.17, 15) is 10.1 Å². The monoisotopic (exact) mass is 374 g/mol. The lowest BCUT2D eigenvalue weighted by atomic mass is 10.1. The lowest BCUT2D eigenvalue weighted by Gasteiger charge is -2.13. The predicted molar refractivity (Wildman–Crippen MR) is 108 cm³/mol. The molecule has 0 aliphatic rings. The van der Waals surface area contributed by atoms with Crippen LogP contribution in [0, 0.1) is 45.9 Å². The van der Waals surface area contributed by atoms with Crippen LogP contribution >= 0.6 is 0 Å². The van der Waals surface area contributed by atoms with Crippen LogP contribution in [0.1, 0.15) is 33.8 Å². The van der Waals surface area contributed by atoms with Gasteiger partial charge >= 0.3 is 0 Å². The molecule has 0 atom stereocenters. The minimum absolute atomic E-state index is 0.00173. The number of amides is 1. The smallest absolute Gasteiger partial charge is 0.267 e. The van der Waals surface area contributed by atoms with Gasteiger partial charge in [-0.05, 0) is 69.5 Å². The molecule has 1 aromatic carbocycles. The third-order valence-electron chi connectivity index (χ3n) is 4.61. The molecule has 0 unspecified atom stereocenters. The largest absolute Gasteiger partial charge is 0.360 e. The zero-order chi connectivity index (χ0) is 20.4. The van der Waals surface area contributed by atoms with E-state index < -0.39 is 5.91 Å². The highest BCUT2D eigenvalue weighted by atomic mass is 16.5. The van der Waals surface area contributed by atoms with Crippen molar-refractivity contribution in [1.82, 2.24) is 9.72 Å². The highest BCUT2D eigenvalue weighted by Crippen LogP contribution is 2.26. The van der Waals surface area contributed by atoms with E-state index in [1.807, 2.05) is 26.0 Å². The molecule has 1 amide bonds. The van der Waals surface area contributed by atoms with Crippen LogP contribution in [0.5, 0.6) is 0 Å². The van der Waals surface area contributed by atoms with Crippen LogP contribution in [0.15, 0.2) is 40.4 Å². The number of hydrogen-bond donors (Lipinski definition) is 1. The Hall–Kier alpha value is -3.59. The third kappa shape index (κ3) is 3.74. The molecular weight excluding hydrogens is 352 g/mol. The molecule has 0 aliphatic heterocycles. The van der Waals surface area contributed by atoms with E-state index in [4.69, 9.17) is 4.52 Å². The van der Waals surface area contributed by atoms with Gasteiger partial charge in [0.25, 0.3) is 5.91 Å². The maximum Gasteiger partial charge on any atom is 0.267 e. The van der Waals surface area contributed by atoms with E-state index in [0.717, 1.165) is 28.2 Å². The fourth-order valence-corrected chi connectivity index (χ4v) is 3.18. The lowest BCUT2D eigenvalue weighted by molar-refractivity contribution is -0.112. The molecule has 6 nitrogen and oxygen atoms in total. The molecule has 28 heavy (non-hydrogen) atoms. The van der Waals surface area contributed by atoms with Gasteiger partial charge in [-0.25, -0.2) is 0 Å². The van der Waals surface area contributed by atoms with E-state index in [-0.39, 0.29) is 11.4 Å². The van der Waals surface area contributed by atoms with Crippen molar-refractivity contribution >= 4 is 17.8 Å². The van der Waals surface area contributed by atoms with Crippen LogP contribution in [0.25, 0.3) is 11.8 Å². The molecular formula is C22H22N4O2. The highest BCUT2D eigenvalue weighted by Gasteiger charge is 2.16. The third-order valence-corrected chi connectivity index (χ3v) is 4.61. The predicted octanol–water partition coefficient (Wildman–Crippen LogP) is 4.55. The maximum absolute atomic E-state index is 12.4. The SMILES string of the molecule is Cc1ccc(C)c(-n2c(C)cc(/C=C(/C#N)C(=O)Nc3cc(C)on3)c2C)c1. The van der Waals surface area contributed by atoms with E-state index >= 15 is 0 Å². The fraction of sp³-hybridized carbons (Fsp3) is 0.227. The summed E-state index contributed by atoms with van der Waals surface area (Å²) in [6.07, 6.45) is 1.60. The molecule has 2 aromatic heterocycles. The van der Waals surface area contributed by atoms with Gasteiger partial charge in [-0.3, -0.25) is 4.79 Å². The first-order chi connectivity index (χ1) is 13.3. The van der Waals surface area contributed by atoms with Crippen molar-refractivity contribution in [3.63, 3.8) is 0 Å². The van der Waals surface area contributed by atoms with Crippen molar-refractivity contribution in [2.45, 2.75) is 34.6 Å². The van der Waals surface area contributed by atoms with Crippen molar-refractivity contribution in [1.29, 1.82) is 5.26 Å². The number of nitriles is 1. The summed E-state index contributed by atoms with van der Waals surface area (Å²) < 4.78 is 7.08. The zero-order valence-corrected chi connectivity index (χ0v) is 16.6. The van der Waals surface area contributed by atoms with Crippen LogP contribution in [0.4, 0.5) is 5.82 Å². The number of carbonyl (C=O) groups is 1. The summed E-state index contributed by atoms with van der Waals surface area (Å²) in [5.41, 5.74) is 6.23. The van der Waals surface area contributed by atoms with Crippen molar-refractivity contribution in [2.75, 3.05) is 5.32 Å². The molecule has 3 aromatic rings. The minimum Gasteiger partial charge on any atom is -0.360 e. The topological polar surface area (TPSA) is 83.9 Å². The number of hydrogen-bond acceptors (Lipinski definition) is 4. The van der Waals surface area contributed by atoms with Crippen molar-refractivity contribution in [3.05, 3.63) is 69.7 Å². The molecule has 3 rings (SSSR count). The average molecular weight is 374 g/mol. The van der Waals surface area contributed by atoms with Gasteiger partial charge in [-0.1, -0.05) is 17.3 Å². The Kier molecular flexibility index (Phi) is 5.18. The Bertz CT molecular complexity index is 1130. The fourth-order valence-electron chi connectivity index (χ4n) is 3.18. The summed E-state index contributed by atoms with van der Waals surface area (Å²) in [6.45, 7) is 9.84. The zero-order valence-electron chi connectivity index (χ0n) is 16.6. The highest BCUT2D eigenvalue weighted by molar-refractivity contribution is 6.09. The number of aryl methyl sites for hydroxylation is 4. The first-order valence-electron chi connectivity index (χ1n) is 8.93. The molecule has 1 N–H and O–H groups in total. The molecule has 0 saturated heterocycles. The lowest BCUT2D eigenvalue weighted by Crippen LogP contribution is -2.13. The van der Waals surface area contributed by atoms with Crippen LogP contribution in [0.2, 0.25) is 0 Å². The Morgan fingerprint density at radius 1 is 1.18 bits per heavy atom. The quantitative estimate of drug-likeness (QED) is 0.536. The first kappa shape index (κ1) is 19.2. The molecule has 0 aliphatic carbocycles. The normalized spacial score (nSPS) is 11.4. The van der Waals surface area contributed by atoms with E-state index in [1.165, 1.54) is 5.56 Å². The van der Waals surface area contributed by atoms with E-state index in [1.54, 1.807) is 19.1 Å². The molecule has 0 radical (unpaired) electrons. The number of carbonyl (C=O) groups excluding carboxylic acids is 1. The van der Waals surface area contributed by atoms with Crippen molar-refractivity contribution < 1.29 is 9.32 Å². The Morgan fingerprint density at radius 2 is 1.93 bits per heavy atom. The summed E-state index contributed by atoms with van der Waals surface area (Å²) in [6, 6.07) is 11.8. The molecule has 2 heterocycles. The van der Waals surface area contributed by atoms with Crippen molar-refractivity contribution in [3.8, 4) is 11.8 Å². The van der Waals surface area contributed by atoms with Crippen LogP contribution < -0.4 is 5.32 Å².